The first-order chi connectivity index (χ1) is 15.3. The second kappa shape index (κ2) is 11.7. The zero-order chi connectivity index (χ0) is 21.5. The van der Waals surface area contributed by atoms with E-state index in [1.54, 1.807) is 6.26 Å². The van der Waals surface area contributed by atoms with Gasteiger partial charge < -0.3 is 20.0 Å². The highest BCUT2D eigenvalue weighted by atomic mass is 127. The predicted octanol–water partition coefficient (Wildman–Crippen LogP) is 4.07. The summed E-state index contributed by atoms with van der Waals surface area (Å²) >= 11 is 0. The van der Waals surface area contributed by atoms with Crippen LogP contribution in [-0.4, -0.2) is 45.8 Å². The first-order valence-electron chi connectivity index (χ1n) is 10.8. The molecule has 0 aliphatic rings. The van der Waals surface area contributed by atoms with Crippen LogP contribution in [0.3, 0.4) is 0 Å². The number of aliphatic imine (C=N–C) groups is 1. The molecule has 0 saturated heterocycles. The smallest absolute Gasteiger partial charge is 0.216 e. The molecule has 0 saturated carbocycles. The number of nitrogens with one attached hydrogen (secondary N) is 4. The maximum absolute atomic E-state index is 5.33. The van der Waals surface area contributed by atoms with Gasteiger partial charge in [-0.3, -0.25) is 10.1 Å². The number of halogens is 1. The summed E-state index contributed by atoms with van der Waals surface area (Å²) in [6, 6.07) is 10.2. The number of H-pyrrole nitrogens is 2. The van der Waals surface area contributed by atoms with Gasteiger partial charge in [-0.2, -0.15) is 5.10 Å². The highest BCUT2D eigenvalue weighted by Crippen LogP contribution is 2.22. The summed E-state index contributed by atoms with van der Waals surface area (Å²) in [6.45, 7) is 6.47. The molecule has 9 heteroatoms. The largest absolute Gasteiger partial charge is 0.461 e. The first kappa shape index (κ1) is 23.8. The van der Waals surface area contributed by atoms with E-state index >= 15 is 0 Å². The van der Waals surface area contributed by atoms with Gasteiger partial charge in [-0.15, -0.1) is 24.0 Å². The summed E-state index contributed by atoms with van der Waals surface area (Å²) < 4.78 is 5.33. The van der Waals surface area contributed by atoms with Crippen molar-refractivity contribution in [1.29, 1.82) is 0 Å². The fourth-order valence-corrected chi connectivity index (χ4v) is 3.63. The van der Waals surface area contributed by atoms with E-state index in [1.165, 1.54) is 22.0 Å². The Morgan fingerprint density at radius 1 is 1.09 bits per heavy atom. The molecule has 3 heterocycles. The number of rotatable bonds is 9. The minimum Gasteiger partial charge on any atom is -0.461 e. The van der Waals surface area contributed by atoms with Crippen LogP contribution in [0.1, 0.15) is 30.8 Å². The van der Waals surface area contributed by atoms with Crippen LogP contribution in [0, 0.1) is 0 Å². The van der Waals surface area contributed by atoms with Crippen molar-refractivity contribution in [3.63, 3.8) is 0 Å². The van der Waals surface area contributed by atoms with Gasteiger partial charge >= 0.3 is 0 Å². The second-order valence-corrected chi connectivity index (χ2v) is 7.28. The van der Waals surface area contributed by atoms with Crippen molar-refractivity contribution in [2.24, 2.45) is 4.99 Å². The van der Waals surface area contributed by atoms with Gasteiger partial charge in [0, 0.05) is 43.2 Å². The number of aromatic amines is 2. The normalized spacial score (nSPS) is 11.5. The van der Waals surface area contributed by atoms with Gasteiger partial charge in [-0.05, 0) is 43.0 Å². The summed E-state index contributed by atoms with van der Waals surface area (Å²) in [5, 5.41) is 15.2. The van der Waals surface area contributed by atoms with Crippen molar-refractivity contribution in [2.45, 2.75) is 33.1 Å². The summed E-state index contributed by atoms with van der Waals surface area (Å²) in [7, 11) is 0. The number of fused-ring (bicyclic) bond motifs is 1. The molecule has 0 spiro atoms. The summed E-state index contributed by atoms with van der Waals surface area (Å²) in [4.78, 5) is 12.6. The minimum absolute atomic E-state index is 0. The Balaban J connectivity index is 0.00000289. The molecule has 0 aliphatic carbocycles. The van der Waals surface area contributed by atoms with Crippen molar-refractivity contribution in [1.82, 2.24) is 30.8 Å². The van der Waals surface area contributed by atoms with Gasteiger partial charge in [0.1, 0.15) is 5.82 Å². The Labute approximate surface area is 204 Å². The molecule has 0 fully saturated rings. The van der Waals surface area contributed by atoms with Crippen LogP contribution in [0.2, 0.25) is 0 Å². The molecular formula is C23H30IN7O. The van der Waals surface area contributed by atoms with E-state index in [2.05, 4.69) is 74.0 Å². The fourth-order valence-electron chi connectivity index (χ4n) is 3.63. The van der Waals surface area contributed by atoms with Crippen LogP contribution in [0.5, 0.6) is 0 Å². The molecule has 3 aromatic heterocycles. The summed E-state index contributed by atoms with van der Waals surface area (Å²) in [6.07, 6.45) is 6.36. The molecule has 32 heavy (non-hydrogen) atoms. The molecule has 0 amide bonds. The molecule has 0 bridgehead atoms. The van der Waals surface area contributed by atoms with E-state index in [0.29, 0.717) is 24.6 Å². The predicted molar refractivity (Wildman–Crippen MR) is 139 cm³/mol. The average Bonchev–Trinajstić information content (AvgIpc) is 3.54. The average molecular weight is 547 g/mol. The second-order valence-electron chi connectivity index (χ2n) is 7.28. The molecule has 0 aliphatic heterocycles. The van der Waals surface area contributed by atoms with Gasteiger partial charge in [-0.25, -0.2) is 4.98 Å². The van der Waals surface area contributed by atoms with Crippen molar-refractivity contribution >= 4 is 40.8 Å². The molecule has 0 atom stereocenters. The van der Waals surface area contributed by atoms with E-state index in [9.17, 15) is 0 Å². The van der Waals surface area contributed by atoms with Crippen LogP contribution in [0.15, 0.2) is 52.2 Å². The van der Waals surface area contributed by atoms with E-state index in [-0.39, 0.29) is 24.0 Å². The van der Waals surface area contributed by atoms with Gasteiger partial charge in [0.2, 0.25) is 5.82 Å². The highest BCUT2D eigenvalue weighted by molar-refractivity contribution is 14.0. The third-order valence-corrected chi connectivity index (χ3v) is 5.19. The number of furan rings is 1. The Bertz CT molecular complexity index is 1130. The lowest BCUT2D eigenvalue weighted by Crippen LogP contribution is -2.38. The van der Waals surface area contributed by atoms with Crippen molar-refractivity contribution in [3.05, 3.63) is 59.7 Å². The molecule has 4 rings (SSSR count). The zero-order valence-corrected chi connectivity index (χ0v) is 20.8. The molecule has 4 aromatic rings. The number of hydrogen-bond acceptors (Lipinski definition) is 4. The Morgan fingerprint density at radius 3 is 2.78 bits per heavy atom. The first-order valence-corrected chi connectivity index (χ1v) is 10.8. The van der Waals surface area contributed by atoms with Crippen LogP contribution in [0.4, 0.5) is 0 Å². The number of aromatic nitrogens is 4. The Kier molecular flexibility index (Phi) is 8.72. The van der Waals surface area contributed by atoms with Gasteiger partial charge in [0.25, 0.3) is 0 Å². The van der Waals surface area contributed by atoms with Crippen LogP contribution in [0.25, 0.3) is 22.5 Å². The van der Waals surface area contributed by atoms with Crippen molar-refractivity contribution in [3.8, 4) is 11.6 Å². The van der Waals surface area contributed by atoms with Gasteiger partial charge in [0.15, 0.2) is 11.7 Å². The van der Waals surface area contributed by atoms with E-state index in [1.807, 2.05) is 12.1 Å². The van der Waals surface area contributed by atoms with E-state index in [4.69, 9.17) is 4.42 Å². The zero-order valence-electron chi connectivity index (χ0n) is 18.4. The van der Waals surface area contributed by atoms with Crippen molar-refractivity contribution in [2.75, 3.05) is 19.6 Å². The monoisotopic (exact) mass is 547 g/mol. The molecule has 0 radical (unpaired) electrons. The number of guanidine groups is 1. The third kappa shape index (κ3) is 5.70. The standard InChI is InChI=1S/C23H29N7O.HI/c1-3-16-7-5-8-18-17(15-27-21(16)18)10-12-25-23(24-4-2)26-13-11-20-28-22(30-29-20)19-9-6-14-31-19;/h5-9,14-15,27H,3-4,10-13H2,1-2H3,(H2,24,25,26)(H,28,29,30);1H. The topological polar surface area (TPSA) is 107 Å². The van der Waals surface area contributed by atoms with Crippen LogP contribution in [-0.2, 0) is 19.3 Å². The maximum atomic E-state index is 5.33. The molecule has 0 unspecified atom stereocenters. The lowest BCUT2D eigenvalue weighted by atomic mass is 10.1. The van der Waals surface area contributed by atoms with Crippen molar-refractivity contribution < 1.29 is 4.42 Å². The molecule has 1 aromatic carbocycles. The fraction of sp³-hybridized carbons (Fsp3) is 0.348. The number of benzene rings is 1. The Hall–Kier alpha value is -2.82. The lowest BCUT2D eigenvalue weighted by molar-refractivity contribution is 0.577. The maximum Gasteiger partial charge on any atom is 0.216 e. The number of aryl methyl sites for hydroxylation is 1. The number of para-hydroxylation sites is 1. The van der Waals surface area contributed by atoms with Crippen LogP contribution >= 0.6 is 24.0 Å². The highest BCUT2D eigenvalue weighted by Gasteiger charge is 2.09. The number of hydrogen-bond donors (Lipinski definition) is 4. The van der Waals surface area contributed by atoms with Gasteiger partial charge in [0.05, 0.1) is 6.26 Å². The number of nitrogens with zero attached hydrogens (tertiary/aromatic N) is 3. The quantitative estimate of drug-likeness (QED) is 0.144. The SMILES string of the molecule is CCNC(=NCCc1nc(-c2ccco2)n[nH]1)NCCc1c[nH]c2c(CC)cccc12.I. The molecular weight excluding hydrogens is 517 g/mol. The minimum atomic E-state index is 0. The van der Waals surface area contributed by atoms with Crippen LogP contribution < -0.4 is 10.6 Å². The molecule has 4 N–H and O–H groups in total. The third-order valence-electron chi connectivity index (χ3n) is 5.19. The van der Waals surface area contributed by atoms with Gasteiger partial charge in [-0.1, -0.05) is 25.1 Å². The molecule has 170 valence electrons. The Morgan fingerprint density at radius 2 is 2.00 bits per heavy atom. The van der Waals surface area contributed by atoms with E-state index < -0.39 is 0 Å². The summed E-state index contributed by atoms with van der Waals surface area (Å²) in [5.41, 5.74) is 3.93. The molecule has 8 nitrogen and oxygen atoms in total. The summed E-state index contributed by atoms with van der Waals surface area (Å²) in [5.74, 6) is 2.82. The lowest BCUT2D eigenvalue weighted by Gasteiger charge is -2.11. The van der Waals surface area contributed by atoms with E-state index in [0.717, 1.165) is 37.7 Å².